The molecule has 0 aliphatic rings. The summed E-state index contributed by atoms with van der Waals surface area (Å²) in [4.78, 5) is 3.38. The van der Waals surface area contributed by atoms with Gasteiger partial charge in [0, 0.05) is 34.0 Å². The predicted octanol–water partition coefficient (Wildman–Crippen LogP) is 2.76. The van der Waals surface area contributed by atoms with Gasteiger partial charge in [-0.1, -0.05) is 15.9 Å². The summed E-state index contributed by atoms with van der Waals surface area (Å²) < 4.78 is 22.9. The van der Waals surface area contributed by atoms with Crippen LogP contribution in [0.2, 0.25) is 0 Å². The van der Waals surface area contributed by atoms with E-state index in [0.29, 0.717) is 19.4 Å². The molecular weight excluding hydrogens is 340 g/mol. The van der Waals surface area contributed by atoms with E-state index >= 15 is 0 Å². The second-order valence-corrected chi connectivity index (χ2v) is 6.07. The molecule has 1 unspecified atom stereocenters. The molecule has 2 rings (SSSR count). The topological polar surface area (TPSA) is 65.1 Å². The lowest BCUT2D eigenvalue weighted by Gasteiger charge is -2.04. The van der Waals surface area contributed by atoms with Gasteiger partial charge in [-0.25, -0.2) is 8.93 Å². The first-order valence-electron chi connectivity index (χ1n) is 6.18. The second-order valence-electron chi connectivity index (χ2n) is 4.37. The first-order chi connectivity index (χ1) is 9.61. The van der Waals surface area contributed by atoms with Crippen LogP contribution in [0, 0.1) is 12.3 Å². The molecule has 1 aromatic heterocycles. The van der Waals surface area contributed by atoms with Gasteiger partial charge in [0.25, 0.3) is 0 Å². The molecular formula is C14H15BrN2O2S. The van der Waals surface area contributed by atoms with Crippen molar-refractivity contribution < 1.29 is 8.76 Å². The highest BCUT2D eigenvalue weighted by Gasteiger charge is 2.11. The fourth-order valence-electron chi connectivity index (χ4n) is 2.24. The van der Waals surface area contributed by atoms with Crippen LogP contribution >= 0.6 is 15.9 Å². The third-order valence-electron chi connectivity index (χ3n) is 3.08. The summed E-state index contributed by atoms with van der Waals surface area (Å²) in [5.74, 6) is 2.64. The van der Waals surface area contributed by atoms with Crippen LogP contribution in [0.15, 0.2) is 22.7 Å². The number of fused-ring (bicyclic) bond motifs is 1. The summed E-state index contributed by atoms with van der Waals surface area (Å²) in [7, 11) is 0. The Kier molecular flexibility index (Phi) is 5.38. The van der Waals surface area contributed by atoms with E-state index in [1.165, 1.54) is 0 Å². The lowest BCUT2D eigenvalue weighted by molar-refractivity contribution is 0.549. The molecule has 0 spiro atoms. The maximum absolute atomic E-state index is 10.7. The normalized spacial score (nSPS) is 12.4. The Bertz CT molecular complexity index is 676. The summed E-state index contributed by atoms with van der Waals surface area (Å²) in [6, 6.07) is 6.05. The number of aromatic amines is 1. The number of aryl methyl sites for hydroxylation is 1. The Morgan fingerprint density at radius 3 is 2.95 bits per heavy atom. The predicted molar refractivity (Wildman–Crippen MR) is 85.6 cm³/mol. The van der Waals surface area contributed by atoms with Gasteiger partial charge in [-0.15, -0.1) is 12.3 Å². The molecule has 1 heterocycles. The minimum atomic E-state index is -1.98. The molecule has 1 aromatic carbocycles. The SMILES string of the molecule is C#CCCc1[nH]c2ccc(Br)cc2c1CCNS(=O)O. The van der Waals surface area contributed by atoms with Crippen LogP contribution in [0.4, 0.5) is 0 Å². The second kappa shape index (κ2) is 7.04. The molecule has 0 aliphatic carbocycles. The monoisotopic (exact) mass is 354 g/mol. The van der Waals surface area contributed by atoms with Gasteiger partial charge >= 0.3 is 0 Å². The van der Waals surface area contributed by atoms with E-state index in [0.717, 1.165) is 33.1 Å². The summed E-state index contributed by atoms with van der Waals surface area (Å²) in [6.45, 7) is 0.436. The molecule has 0 saturated heterocycles. The summed E-state index contributed by atoms with van der Waals surface area (Å²) in [5, 5.41) is 1.12. The van der Waals surface area contributed by atoms with E-state index in [9.17, 15) is 4.21 Å². The van der Waals surface area contributed by atoms with Gasteiger partial charge in [0.05, 0.1) is 0 Å². The standard InChI is InChI=1S/C14H15BrN2O2S/c1-2-3-4-13-11(7-8-16-20(18)19)12-9-10(15)5-6-14(12)17-13/h1,5-6,9,16-17H,3-4,7-8H2,(H,18,19). The van der Waals surface area contributed by atoms with Crippen LogP contribution in [0.1, 0.15) is 17.7 Å². The smallest absolute Gasteiger partial charge is 0.231 e. The zero-order valence-corrected chi connectivity index (χ0v) is 13.2. The van der Waals surface area contributed by atoms with Crippen molar-refractivity contribution in [3.05, 3.63) is 33.9 Å². The first kappa shape index (κ1) is 15.3. The van der Waals surface area contributed by atoms with E-state index in [4.69, 9.17) is 11.0 Å². The quantitative estimate of drug-likeness (QED) is 0.551. The van der Waals surface area contributed by atoms with Crippen LogP contribution in [0.5, 0.6) is 0 Å². The number of rotatable bonds is 6. The van der Waals surface area contributed by atoms with Gasteiger partial charge < -0.3 is 4.98 Å². The Hall–Kier alpha value is -1.13. The maximum Gasteiger partial charge on any atom is 0.231 e. The third kappa shape index (κ3) is 3.70. The summed E-state index contributed by atoms with van der Waals surface area (Å²) >= 11 is 1.49. The third-order valence-corrected chi connectivity index (χ3v) is 4.02. The number of benzene rings is 1. The average molecular weight is 355 g/mol. The Labute approximate surface area is 128 Å². The Balaban J connectivity index is 2.32. The zero-order chi connectivity index (χ0) is 14.5. The molecule has 1 atom stereocenters. The molecule has 4 nitrogen and oxygen atoms in total. The van der Waals surface area contributed by atoms with E-state index in [1.54, 1.807) is 0 Å². The largest absolute Gasteiger partial charge is 0.358 e. The van der Waals surface area contributed by atoms with E-state index < -0.39 is 11.3 Å². The fraction of sp³-hybridized carbons (Fsp3) is 0.286. The average Bonchev–Trinajstić information content (AvgIpc) is 2.74. The lowest BCUT2D eigenvalue weighted by atomic mass is 10.1. The van der Waals surface area contributed by atoms with Gasteiger partial charge in [0.1, 0.15) is 0 Å². The van der Waals surface area contributed by atoms with Crippen LogP contribution in [-0.2, 0) is 24.1 Å². The van der Waals surface area contributed by atoms with Crippen molar-refractivity contribution in [1.82, 2.24) is 9.71 Å². The number of hydrogen-bond donors (Lipinski definition) is 3. The molecule has 0 bridgehead atoms. The number of nitrogens with one attached hydrogen (secondary N) is 2. The van der Waals surface area contributed by atoms with Gasteiger partial charge in [-0.2, -0.15) is 0 Å². The Morgan fingerprint density at radius 1 is 1.45 bits per heavy atom. The molecule has 0 fully saturated rings. The van der Waals surface area contributed by atoms with Crippen LogP contribution in [0.3, 0.4) is 0 Å². The van der Waals surface area contributed by atoms with E-state index in [1.807, 2.05) is 12.1 Å². The minimum Gasteiger partial charge on any atom is -0.358 e. The number of H-pyrrole nitrogens is 1. The van der Waals surface area contributed by atoms with Crippen molar-refractivity contribution >= 4 is 38.1 Å². The van der Waals surface area contributed by atoms with Gasteiger partial charge in [0.15, 0.2) is 0 Å². The molecule has 106 valence electrons. The molecule has 6 heteroatoms. The molecule has 20 heavy (non-hydrogen) atoms. The zero-order valence-electron chi connectivity index (χ0n) is 10.8. The van der Waals surface area contributed by atoms with Crippen molar-refractivity contribution in [1.29, 1.82) is 0 Å². The van der Waals surface area contributed by atoms with Crippen molar-refractivity contribution in [3.63, 3.8) is 0 Å². The van der Waals surface area contributed by atoms with Crippen molar-refractivity contribution in [2.24, 2.45) is 0 Å². The van der Waals surface area contributed by atoms with Gasteiger partial charge in [-0.3, -0.25) is 4.55 Å². The number of halogens is 1. The highest BCUT2D eigenvalue weighted by Crippen LogP contribution is 2.27. The molecule has 0 aliphatic heterocycles. The van der Waals surface area contributed by atoms with Gasteiger partial charge in [-0.05, 0) is 36.6 Å². The molecule has 3 N–H and O–H groups in total. The number of aromatic nitrogens is 1. The van der Waals surface area contributed by atoms with Crippen molar-refractivity contribution in [2.45, 2.75) is 19.3 Å². The summed E-state index contributed by atoms with van der Waals surface area (Å²) in [6.07, 6.45) is 7.44. The highest BCUT2D eigenvalue weighted by atomic mass is 79.9. The number of hydrogen-bond acceptors (Lipinski definition) is 1. The highest BCUT2D eigenvalue weighted by molar-refractivity contribution is 9.10. The van der Waals surface area contributed by atoms with Crippen LogP contribution < -0.4 is 4.72 Å². The number of terminal acetylenes is 1. The van der Waals surface area contributed by atoms with Crippen LogP contribution in [0.25, 0.3) is 10.9 Å². The summed E-state index contributed by atoms with van der Waals surface area (Å²) in [5.41, 5.74) is 3.30. The first-order valence-corrected chi connectivity index (χ1v) is 8.08. The maximum atomic E-state index is 10.7. The van der Waals surface area contributed by atoms with Crippen molar-refractivity contribution in [3.8, 4) is 12.3 Å². The van der Waals surface area contributed by atoms with E-state index in [2.05, 4.69) is 37.6 Å². The van der Waals surface area contributed by atoms with E-state index in [-0.39, 0.29) is 0 Å². The lowest BCUT2D eigenvalue weighted by Crippen LogP contribution is -2.19. The van der Waals surface area contributed by atoms with Crippen LogP contribution in [-0.4, -0.2) is 20.3 Å². The van der Waals surface area contributed by atoms with Crippen molar-refractivity contribution in [2.75, 3.05) is 6.54 Å². The fourth-order valence-corrected chi connectivity index (χ4v) is 2.87. The molecule has 2 aromatic rings. The minimum absolute atomic E-state index is 0.436. The molecule has 0 radical (unpaired) electrons. The Morgan fingerprint density at radius 2 is 2.25 bits per heavy atom. The van der Waals surface area contributed by atoms with Gasteiger partial charge in [0.2, 0.25) is 11.3 Å². The molecule has 0 amide bonds. The molecule has 0 saturated carbocycles.